The zero-order valence-electron chi connectivity index (χ0n) is 29.7. The van der Waals surface area contributed by atoms with Crippen LogP contribution < -0.4 is 46.1 Å². The molecule has 6 amide bonds. The van der Waals surface area contributed by atoms with Gasteiger partial charge in [0, 0.05) is 96.8 Å². The lowest BCUT2D eigenvalue weighted by Crippen LogP contribution is -2.43. The maximum absolute atomic E-state index is 13.0. The second kappa shape index (κ2) is 19.7. The second-order valence-electron chi connectivity index (χ2n) is 10.7. The average Bonchev–Trinajstić information content (AvgIpc) is 3.18. The zero-order valence-corrected chi connectivity index (χ0v) is 29.7. The molecule has 0 aromatic carbocycles. The van der Waals surface area contributed by atoms with Gasteiger partial charge in [0.25, 0.3) is 35.4 Å². The highest BCUT2D eigenvalue weighted by atomic mass is 16.5. The molecule has 0 unspecified atom stereocenters. The number of hydrogen-bond acceptors (Lipinski definition) is 13. The van der Waals surface area contributed by atoms with Crippen LogP contribution in [0.1, 0.15) is 62.9 Å². The normalized spacial score (nSPS) is 10.4. The number of rotatable bonds is 18. The topological polar surface area (TPSA) is 244 Å². The smallest absolute Gasteiger partial charge is 0.270 e. The molecule has 0 fully saturated rings. The molecular formula is C33H42N10O9. The predicted molar refractivity (Wildman–Crippen MR) is 186 cm³/mol. The monoisotopic (exact) mass is 722 g/mol. The number of hydrogen-bond donors (Lipinski definition) is 6. The van der Waals surface area contributed by atoms with E-state index in [9.17, 15) is 28.8 Å². The van der Waals surface area contributed by atoms with Crippen LogP contribution in [0.3, 0.4) is 0 Å². The molecule has 0 aliphatic heterocycles. The second-order valence-corrected chi connectivity index (χ2v) is 10.7. The van der Waals surface area contributed by atoms with E-state index in [4.69, 9.17) is 14.2 Å². The van der Waals surface area contributed by atoms with Crippen LogP contribution in [-0.4, -0.2) is 137 Å². The van der Waals surface area contributed by atoms with Gasteiger partial charge in [-0.3, -0.25) is 33.7 Å². The lowest BCUT2D eigenvalue weighted by molar-refractivity contribution is 0.0933. The fourth-order valence-corrected chi connectivity index (χ4v) is 4.54. The van der Waals surface area contributed by atoms with Gasteiger partial charge in [0.1, 0.15) is 51.4 Å². The van der Waals surface area contributed by atoms with Crippen molar-refractivity contribution >= 4 is 35.4 Å². The van der Waals surface area contributed by atoms with Crippen molar-refractivity contribution in [3.05, 3.63) is 70.6 Å². The van der Waals surface area contributed by atoms with Gasteiger partial charge >= 0.3 is 0 Å². The fraction of sp³-hybridized carbons (Fsp3) is 0.364. The van der Waals surface area contributed by atoms with Crippen molar-refractivity contribution in [3.8, 4) is 17.2 Å². The van der Waals surface area contributed by atoms with Crippen molar-refractivity contribution in [2.24, 2.45) is 0 Å². The Kier molecular flexibility index (Phi) is 15.2. The molecule has 52 heavy (non-hydrogen) atoms. The minimum atomic E-state index is -0.558. The molecule has 3 aromatic heterocycles. The maximum Gasteiger partial charge on any atom is 0.270 e. The molecule has 0 spiro atoms. The fourth-order valence-electron chi connectivity index (χ4n) is 4.54. The first kappa shape index (κ1) is 40.1. The molecule has 0 radical (unpaired) electrons. The quantitative estimate of drug-likeness (QED) is 0.0912. The molecule has 0 bridgehead atoms. The highest BCUT2D eigenvalue weighted by Gasteiger charge is 2.18. The molecule has 0 aliphatic rings. The van der Waals surface area contributed by atoms with E-state index in [-0.39, 0.29) is 90.7 Å². The zero-order chi connectivity index (χ0) is 38.2. The van der Waals surface area contributed by atoms with E-state index >= 15 is 0 Å². The molecule has 3 heterocycles. The molecule has 19 nitrogen and oxygen atoms in total. The summed E-state index contributed by atoms with van der Waals surface area (Å²) in [6.45, 7) is 1.15. The third-order valence-corrected chi connectivity index (χ3v) is 7.32. The van der Waals surface area contributed by atoms with Gasteiger partial charge in [0.15, 0.2) is 0 Å². The van der Waals surface area contributed by atoms with Crippen LogP contribution in [0.25, 0.3) is 0 Å². The van der Waals surface area contributed by atoms with Gasteiger partial charge in [0.05, 0.1) is 21.3 Å². The summed E-state index contributed by atoms with van der Waals surface area (Å²) in [5.74, 6) is -2.34. The largest absolute Gasteiger partial charge is 0.497 e. The number of pyridine rings is 3. The molecular weight excluding hydrogens is 680 g/mol. The summed E-state index contributed by atoms with van der Waals surface area (Å²) in [6, 6.07) is 8.40. The minimum absolute atomic E-state index is 0.000971. The van der Waals surface area contributed by atoms with Gasteiger partial charge in [-0.15, -0.1) is 0 Å². The number of ether oxygens (including phenoxy) is 3. The Balaban J connectivity index is 1.71. The van der Waals surface area contributed by atoms with Crippen LogP contribution in [0, 0.1) is 0 Å². The standard InChI is InChI=1S/C33H42N10O9/c1-34-28(44)22-13-19(50-4)16-25(40-22)31(47)37-7-10-43(11-8-38-32(48)26-17-20(51-5)14-23(41-26)29(45)35-2)12-9-39-33(49)27-18-21(52-6)15-24(42-27)30(46)36-3/h13-18H,7-12H2,1-6H3,(H,34,44)(H,35,45)(H,36,46)(H,37,47)(H,38,48)(H,39,49). The van der Waals surface area contributed by atoms with Gasteiger partial charge < -0.3 is 46.1 Å². The molecule has 0 saturated heterocycles. The van der Waals surface area contributed by atoms with Crippen molar-refractivity contribution in [3.63, 3.8) is 0 Å². The SMILES string of the molecule is CNC(=O)c1cc(OC)cc(C(=O)NCCN(CCNC(=O)c2cc(OC)cc(C(=O)NC)n2)CCNC(=O)c2cc(OC)cc(C(=O)NC)n2)n1. The van der Waals surface area contributed by atoms with E-state index in [0.717, 1.165) is 0 Å². The summed E-state index contributed by atoms with van der Waals surface area (Å²) in [5.41, 5.74) is -0.100. The summed E-state index contributed by atoms with van der Waals surface area (Å²) in [5, 5.41) is 15.6. The molecule has 3 aromatic rings. The van der Waals surface area contributed by atoms with Crippen molar-refractivity contribution in [2.75, 3.05) is 81.7 Å². The van der Waals surface area contributed by atoms with Crippen LogP contribution in [0.5, 0.6) is 17.2 Å². The number of nitrogens with zero attached hydrogens (tertiary/aromatic N) is 4. The van der Waals surface area contributed by atoms with Gasteiger partial charge in [-0.2, -0.15) is 0 Å². The van der Waals surface area contributed by atoms with Crippen molar-refractivity contribution in [1.82, 2.24) is 51.8 Å². The summed E-state index contributed by atoms with van der Waals surface area (Å²) < 4.78 is 15.6. The first-order chi connectivity index (χ1) is 25.0. The molecule has 3 rings (SSSR count). The van der Waals surface area contributed by atoms with Gasteiger partial charge in [0.2, 0.25) is 0 Å². The molecule has 0 atom stereocenters. The van der Waals surface area contributed by atoms with Crippen LogP contribution >= 0.6 is 0 Å². The Morgan fingerprint density at radius 2 is 0.692 bits per heavy atom. The summed E-state index contributed by atoms with van der Waals surface area (Å²) in [6.07, 6.45) is 0. The third kappa shape index (κ3) is 11.3. The summed E-state index contributed by atoms with van der Waals surface area (Å²) in [7, 11) is 8.51. The number of carbonyl (C=O) groups is 6. The highest BCUT2D eigenvalue weighted by molar-refractivity contribution is 5.98. The van der Waals surface area contributed by atoms with Crippen molar-refractivity contribution < 1.29 is 43.0 Å². The Labute approximate surface area is 299 Å². The average molecular weight is 723 g/mol. The summed E-state index contributed by atoms with van der Waals surface area (Å²) in [4.78, 5) is 89.6. The first-order valence-corrected chi connectivity index (χ1v) is 15.9. The Bertz CT molecular complexity index is 1580. The van der Waals surface area contributed by atoms with Crippen LogP contribution in [0.15, 0.2) is 36.4 Å². The van der Waals surface area contributed by atoms with Gasteiger partial charge in [-0.25, -0.2) is 15.0 Å². The summed E-state index contributed by atoms with van der Waals surface area (Å²) >= 11 is 0. The molecule has 6 N–H and O–H groups in total. The Morgan fingerprint density at radius 3 is 0.904 bits per heavy atom. The maximum atomic E-state index is 13.0. The van der Waals surface area contributed by atoms with Gasteiger partial charge in [-0.05, 0) is 0 Å². The number of amides is 6. The lowest BCUT2D eigenvalue weighted by atomic mass is 10.2. The predicted octanol–water partition coefficient (Wildman–Crippen LogP) is -1.13. The molecule has 0 saturated carbocycles. The van der Waals surface area contributed by atoms with E-state index < -0.39 is 35.4 Å². The van der Waals surface area contributed by atoms with Crippen LogP contribution in [0.4, 0.5) is 0 Å². The molecule has 19 heteroatoms. The van der Waals surface area contributed by atoms with Crippen molar-refractivity contribution in [2.45, 2.75) is 0 Å². The third-order valence-electron chi connectivity index (χ3n) is 7.32. The van der Waals surface area contributed by atoms with E-state index in [1.807, 2.05) is 4.90 Å². The van der Waals surface area contributed by atoms with Crippen LogP contribution in [0.2, 0.25) is 0 Å². The Morgan fingerprint density at radius 1 is 0.462 bits per heavy atom. The van der Waals surface area contributed by atoms with E-state index in [1.165, 1.54) is 78.9 Å². The number of carbonyl (C=O) groups excluding carboxylic acids is 6. The number of aromatic nitrogens is 3. The highest BCUT2D eigenvalue weighted by Crippen LogP contribution is 2.16. The lowest BCUT2D eigenvalue weighted by Gasteiger charge is -2.23. The van der Waals surface area contributed by atoms with E-state index in [1.54, 1.807) is 0 Å². The van der Waals surface area contributed by atoms with Crippen LogP contribution in [-0.2, 0) is 0 Å². The minimum Gasteiger partial charge on any atom is -0.497 e. The number of methoxy groups -OCH3 is 3. The Hall–Kier alpha value is -6.37. The van der Waals surface area contributed by atoms with E-state index in [0.29, 0.717) is 0 Å². The van der Waals surface area contributed by atoms with Gasteiger partial charge in [-0.1, -0.05) is 0 Å². The number of nitrogens with one attached hydrogen (secondary N) is 6. The molecule has 278 valence electrons. The molecule has 0 aliphatic carbocycles. The first-order valence-electron chi connectivity index (χ1n) is 15.9. The van der Waals surface area contributed by atoms with E-state index in [2.05, 4.69) is 46.9 Å². The van der Waals surface area contributed by atoms with Crippen molar-refractivity contribution in [1.29, 1.82) is 0 Å².